The van der Waals surface area contributed by atoms with Crippen LogP contribution in [0.4, 0.5) is 0 Å². The summed E-state index contributed by atoms with van der Waals surface area (Å²) in [6.07, 6.45) is 8.47. The molecular formula is C14H25NO. The zero-order valence-electron chi connectivity index (χ0n) is 10.8. The molecule has 1 aliphatic heterocycles. The molecule has 0 atom stereocenters. The smallest absolute Gasteiger partial charge is 0.225 e. The fraction of sp³-hybridized carbons (Fsp3) is 0.929. The van der Waals surface area contributed by atoms with Crippen molar-refractivity contribution in [1.82, 2.24) is 4.90 Å². The van der Waals surface area contributed by atoms with Gasteiger partial charge in [0.25, 0.3) is 0 Å². The Morgan fingerprint density at radius 1 is 1.06 bits per heavy atom. The molecule has 0 aromatic heterocycles. The van der Waals surface area contributed by atoms with E-state index < -0.39 is 0 Å². The molecule has 1 aliphatic carbocycles. The summed E-state index contributed by atoms with van der Waals surface area (Å²) in [5.74, 6) is 0.810. The Bertz CT molecular complexity index is 243. The van der Waals surface area contributed by atoms with Gasteiger partial charge in [-0.2, -0.15) is 0 Å². The molecule has 0 bridgehead atoms. The van der Waals surface area contributed by atoms with E-state index in [0.717, 1.165) is 25.9 Å². The average molecular weight is 223 g/mol. The van der Waals surface area contributed by atoms with E-state index in [0.29, 0.717) is 17.2 Å². The zero-order chi connectivity index (χ0) is 11.6. The molecule has 0 unspecified atom stereocenters. The van der Waals surface area contributed by atoms with Crippen LogP contribution >= 0.6 is 0 Å². The van der Waals surface area contributed by atoms with Crippen molar-refractivity contribution in [1.29, 1.82) is 0 Å². The quantitative estimate of drug-likeness (QED) is 0.668. The Hall–Kier alpha value is -0.530. The van der Waals surface area contributed by atoms with Gasteiger partial charge in [-0.15, -0.1) is 0 Å². The monoisotopic (exact) mass is 223 g/mol. The SMILES string of the molecule is CC1(C)CCN(C(=O)C2CCCCC2)CC1. The summed E-state index contributed by atoms with van der Waals surface area (Å²) < 4.78 is 0. The molecule has 0 spiro atoms. The van der Waals surface area contributed by atoms with Gasteiger partial charge < -0.3 is 4.90 Å². The van der Waals surface area contributed by atoms with Gasteiger partial charge in [0.1, 0.15) is 0 Å². The largest absolute Gasteiger partial charge is 0.342 e. The van der Waals surface area contributed by atoms with Crippen LogP contribution in [0.15, 0.2) is 0 Å². The van der Waals surface area contributed by atoms with Gasteiger partial charge >= 0.3 is 0 Å². The minimum absolute atomic E-state index is 0.356. The number of piperidine rings is 1. The van der Waals surface area contributed by atoms with Crippen LogP contribution in [-0.2, 0) is 4.79 Å². The number of likely N-dealkylation sites (tertiary alicyclic amines) is 1. The maximum Gasteiger partial charge on any atom is 0.225 e. The van der Waals surface area contributed by atoms with Crippen LogP contribution in [0.5, 0.6) is 0 Å². The van der Waals surface area contributed by atoms with Gasteiger partial charge in [-0.05, 0) is 31.1 Å². The lowest BCUT2D eigenvalue weighted by Crippen LogP contribution is -2.44. The van der Waals surface area contributed by atoms with Crippen LogP contribution in [0.3, 0.4) is 0 Å². The highest BCUT2D eigenvalue weighted by molar-refractivity contribution is 5.79. The maximum atomic E-state index is 12.3. The third-order valence-corrected chi connectivity index (χ3v) is 4.38. The molecule has 2 aliphatic rings. The highest BCUT2D eigenvalue weighted by Crippen LogP contribution is 2.32. The summed E-state index contributed by atoms with van der Waals surface area (Å²) >= 11 is 0. The molecule has 92 valence electrons. The highest BCUT2D eigenvalue weighted by atomic mass is 16.2. The van der Waals surface area contributed by atoms with Crippen molar-refractivity contribution in [2.45, 2.75) is 58.8 Å². The molecule has 0 aromatic carbocycles. The first-order valence-corrected chi connectivity index (χ1v) is 6.87. The van der Waals surface area contributed by atoms with E-state index in [1.54, 1.807) is 0 Å². The van der Waals surface area contributed by atoms with E-state index >= 15 is 0 Å². The number of carbonyl (C=O) groups is 1. The molecule has 2 fully saturated rings. The number of rotatable bonds is 1. The summed E-state index contributed by atoms with van der Waals surface area (Å²) in [6.45, 7) is 6.61. The summed E-state index contributed by atoms with van der Waals surface area (Å²) in [7, 11) is 0. The van der Waals surface area contributed by atoms with Crippen LogP contribution in [-0.4, -0.2) is 23.9 Å². The Morgan fingerprint density at radius 3 is 2.19 bits per heavy atom. The predicted molar refractivity (Wildman–Crippen MR) is 66.2 cm³/mol. The van der Waals surface area contributed by atoms with Gasteiger partial charge in [-0.3, -0.25) is 4.79 Å². The van der Waals surface area contributed by atoms with Crippen molar-refractivity contribution < 1.29 is 4.79 Å². The van der Waals surface area contributed by atoms with Crippen molar-refractivity contribution in [3.63, 3.8) is 0 Å². The summed E-state index contributed by atoms with van der Waals surface area (Å²) in [6, 6.07) is 0. The molecule has 2 heteroatoms. The van der Waals surface area contributed by atoms with Gasteiger partial charge in [0.05, 0.1) is 0 Å². The Kier molecular flexibility index (Phi) is 3.56. The molecule has 0 aromatic rings. The first kappa shape index (κ1) is 11.9. The fourth-order valence-corrected chi connectivity index (χ4v) is 2.94. The molecule has 0 N–H and O–H groups in total. The molecule has 1 saturated carbocycles. The highest BCUT2D eigenvalue weighted by Gasteiger charge is 2.31. The zero-order valence-corrected chi connectivity index (χ0v) is 10.8. The Morgan fingerprint density at radius 2 is 1.62 bits per heavy atom. The maximum absolute atomic E-state index is 12.3. The van der Waals surface area contributed by atoms with E-state index in [2.05, 4.69) is 18.7 Å². The summed E-state index contributed by atoms with van der Waals surface area (Å²) in [5, 5.41) is 0. The van der Waals surface area contributed by atoms with Crippen LogP contribution in [0.25, 0.3) is 0 Å². The van der Waals surface area contributed by atoms with E-state index in [-0.39, 0.29) is 0 Å². The standard InChI is InChI=1S/C14H25NO/c1-14(2)8-10-15(11-9-14)13(16)12-6-4-3-5-7-12/h12H,3-11H2,1-2H3. The lowest BCUT2D eigenvalue weighted by Gasteiger charge is -2.39. The number of carbonyl (C=O) groups excluding carboxylic acids is 1. The normalized spacial score (nSPS) is 26.8. The minimum atomic E-state index is 0.356. The number of hydrogen-bond donors (Lipinski definition) is 0. The molecular weight excluding hydrogens is 198 g/mol. The second-order valence-corrected chi connectivity index (χ2v) is 6.32. The third kappa shape index (κ3) is 2.78. The average Bonchev–Trinajstić information content (AvgIpc) is 2.29. The summed E-state index contributed by atoms with van der Waals surface area (Å²) in [5.41, 5.74) is 0.448. The van der Waals surface area contributed by atoms with E-state index in [1.165, 1.54) is 32.1 Å². The third-order valence-electron chi connectivity index (χ3n) is 4.38. The number of hydrogen-bond acceptors (Lipinski definition) is 1. The first-order chi connectivity index (χ1) is 7.58. The number of nitrogens with zero attached hydrogens (tertiary/aromatic N) is 1. The second kappa shape index (κ2) is 4.77. The van der Waals surface area contributed by atoms with Crippen molar-refractivity contribution >= 4 is 5.91 Å². The molecule has 1 heterocycles. The molecule has 2 rings (SSSR count). The molecule has 1 amide bonds. The topological polar surface area (TPSA) is 20.3 Å². The van der Waals surface area contributed by atoms with Crippen molar-refractivity contribution in [3.8, 4) is 0 Å². The Balaban J connectivity index is 1.86. The van der Waals surface area contributed by atoms with Crippen LogP contribution in [0, 0.1) is 11.3 Å². The number of amides is 1. The lowest BCUT2D eigenvalue weighted by atomic mass is 9.81. The molecule has 1 saturated heterocycles. The molecule has 2 nitrogen and oxygen atoms in total. The van der Waals surface area contributed by atoms with Crippen LogP contribution in [0.2, 0.25) is 0 Å². The predicted octanol–water partition coefficient (Wildman–Crippen LogP) is 3.22. The van der Waals surface area contributed by atoms with Crippen molar-refractivity contribution in [3.05, 3.63) is 0 Å². The van der Waals surface area contributed by atoms with Gasteiger partial charge in [0, 0.05) is 19.0 Å². The minimum Gasteiger partial charge on any atom is -0.342 e. The van der Waals surface area contributed by atoms with E-state index in [4.69, 9.17) is 0 Å². The first-order valence-electron chi connectivity index (χ1n) is 6.87. The lowest BCUT2D eigenvalue weighted by molar-refractivity contribution is -0.138. The van der Waals surface area contributed by atoms with E-state index in [9.17, 15) is 4.79 Å². The van der Waals surface area contributed by atoms with Crippen LogP contribution in [0.1, 0.15) is 58.8 Å². The molecule has 16 heavy (non-hydrogen) atoms. The van der Waals surface area contributed by atoms with Crippen LogP contribution < -0.4 is 0 Å². The van der Waals surface area contributed by atoms with Gasteiger partial charge in [-0.25, -0.2) is 0 Å². The fourth-order valence-electron chi connectivity index (χ4n) is 2.94. The summed E-state index contributed by atoms with van der Waals surface area (Å²) in [4.78, 5) is 14.4. The Labute approximate surface area is 99.4 Å². The molecule has 0 radical (unpaired) electrons. The van der Waals surface area contributed by atoms with Crippen molar-refractivity contribution in [2.24, 2.45) is 11.3 Å². The van der Waals surface area contributed by atoms with E-state index in [1.807, 2.05) is 0 Å². The van der Waals surface area contributed by atoms with Gasteiger partial charge in [0.15, 0.2) is 0 Å². The van der Waals surface area contributed by atoms with Gasteiger partial charge in [-0.1, -0.05) is 33.1 Å². The second-order valence-electron chi connectivity index (χ2n) is 6.32. The van der Waals surface area contributed by atoms with Gasteiger partial charge in [0.2, 0.25) is 5.91 Å². The van der Waals surface area contributed by atoms with Crippen molar-refractivity contribution in [2.75, 3.05) is 13.1 Å².